The van der Waals surface area contributed by atoms with E-state index in [1.807, 2.05) is 17.0 Å². The molecule has 3 aromatic heterocycles. The number of fused-ring (bicyclic) bond motifs is 1. The van der Waals surface area contributed by atoms with E-state index in [0.29, 0.717) is 0 Å². The highest BCUT2D eigenvalue weighted by Crippen LogP contribution is 2.31. The van der Waals surface area contributed by atoms with Crippen molar-refractivity contribution in [2.45, 2.75) is 58.8 Å². The SMILES string of the molecule is Cc1cc2c(-c3cn(C)c(C(C)(C)C)n3)ccnc2n1OCC[Si](C)(C)C. The Kier molecular flexibility index (Phi) is 4.97. The third kappa shape index (κ3) is 4.10. The maximum absolute atomic E-state index is 6.10. The van der Waals surface area contributed by atoms with Gasteiger partial charge in [-0.2, -0.15) is 4.73 Å². The van der Waals surface area contributed by atoms with Crippen molar-refractivity contribution in [3.63, 3.8) is 0 Å². The summed E-state index contributed by atoms with van der Waals surface area (Å²) >= 11 is 0. The first-order valence-corrected chi connectivity index (χ1v) is 13.3. The smallest absolute Gasteiger partial charge is 0.176 e. The zero-order valence-corrected chi connectivity index (χ0v) is 18.9. The topological polar surface area (TPSA) is 44.9 Å². The Morgan fingerprint density at radius 2 is 1.89 bits per heavy atom. The first kappa shape index (κ1) is 19.7. The van der Waals surface area contributed by atoms with E-state index in [4.69, 9.17) is 9.82 Å². The molecule has 0 fully saturated rings. The van der Waals surface area contributed by atoms with Gasteiger partial charge in [0.2, 0.25) is 0 Å². The van der Waals surface area contributed by atoms with Gasteiger partial charge in [0.25, 0.3) is 0 Å². The number of pyridine rings is 1. The normalized spacial score (nSPS) is 12.7. The summed E-state index contributed by atoms with van der Waals surface area (Å²) in [7, 11) is 0.929. The summed E-state index contributed by atoms with van der Waals surface area (Å²) in [6, 6.07) is 5.32. The van der Waals surface area contributed by atoms with Crippen LogP contribution in [-0.2, 0) is 12.5 Å². The minimum absolute atomic E-state index is 0.000943. The Morgan fingerprint density at radius 1 is 1.19 bits per heavy atom. The van der Waals surface area contributed by atoms with Gasteiger partial charge in [0, 0.05) is 43.9 Å². The fourth-order valence-electron chi connectivity index (χ4n) is 3.32. The molecule has 0 aliphatic carbocycles. The van der Waals surface area contributed by atoms with E-state index in [-0.39, 0.29) is 5.41 Å². The van der Waals surface area contributed by atoms with Crippen molar-refractivity contribution in [1.29, 1.82) is 0 Å². The maximum atomic E-state index is 6.10. The van der Waals surface area contributed by atoms with Gasteiger partial charge in [-0.15, -0.1) is 0 Å². The zero-order valence-electron chi connectivity index (χ0n) is 17.9. The first-order chi connectivity index (χ1) is 12.5. The van der Waals surface area contributed by atoms with Gasteiger partial charge >= 0.3 is 0 Å². The number of hydrogen-bond acceptors (Lipinski definition) is 3. The number of aryl methyl sites for hydroxylation is 2. The van der Waals surface area contributed by atoms with Gasteiger partial charge in [-0.25, -0.2) is 9.97 Å². The van der Waals surface area contributed by atoms with Crippen LogP contribution in [0.5, 0.6) is 0 Å². The molecule has 0 atom stereocenters. The van der Waals surface area contributed by atoms with Gasteiger partial charge in [-0.3, -0.25) is 0 Å². The van der Waals surface area contributed by atoms with Gasteiger partial charge in [-0.1, -0.05) is 40.4 Å². The largest absolute Gasteiger partial charge is 0.412 e. The predicted molar refractivity (Wildman–Crippen MR) is 115 cm³/mol. The molecule has 0 spiro atoms. The molecule has 0 aliphatic rings. The van der Waals surface area contributed by atoms with Crippen molar-refractivity contribution in [3.8, 4) is 11.3 Å². The van der Waals surface area contributed by atoms with Gasteiger partial charge in [0.15, 0.2) is 5.65 Å². The summed E-state index contributed by atoms with van der Waals surface area (Å²) in [6.07, 6.45) is 3.95. The Hall–Kier alpha value is -2.08. The molecule has 0 amide bonds. The molecule has 3 heterocycles. The van der Waals surface area contributed by atoms with E-state index in [0.717, 1.165) is 46.5 Å². The third-order valence-corrected chi connectivity index (χ3v) is 6.43. The minimum Gasteiger partial charge on any atom is -0.412 e. The molecule has 0 radical (unpaired) electrons. The number of aromatic nitrogens is 4. The van der Waals surface area contributed by atoms with Crippen LogP contribution in [0.4, 0.5) is 0 Å². The molecule has 0 saturated carbocycles. The lowest BCUT2D eigenvalue weighted by Crippen LogP contribution is -2.25. The summed E-state index contributed by atoms with van der Waals surface area (Å²) in [5, 5.41) is 1.08. The second kappa shape index (κ2) is 6.82. The lowest BCUT2D eigenvalue weighted by atomic mass is 9.96. The molecular formula is C21H32N4OSi. The molecule has 0 saturated heterocycles. The number of rotatable bonds is 5. The second-order valence-electron chi connectivity index (χ2n) is 9.63. The Bertz CT molecular complexity index is 957. The lowest BCUT2D eigenvalue weighted by molar-refractivity contribution is 0.126. The van der Waals surface area contributed by atoms with E-state index in [1.54, 1.807) is 0 Å². The molecule has 0 N–H and O–H groups in total. The van der Waals surface area contributed by atoms with E-state index in [9.17, 15) is 0 Å². The Morgan fingerprint density at radius 3 is 2.48 bits per heavy atom. The summed E-state index contributed by atoms with van der Waals surface area (Å²) < 4.78 is 4.00. The number of imidazole rings is 1. The molecular weight excluding hydrogens is 352 g/mol. The molecule has 0 aliphatic heterocycles. The Balaban J connectivity index is 2.01. The molecule has 3 aromatic rings. The van der Waals surface area contributed by atoms with Crippen LogP contribution in [0.2, 0.25) is 25.7 Å². The average Bonchev–Trinajstić information content (AvgIpc) is 3.06. The minimum atomic E-state index is -1.13. The van der Waals surface area contributed by atoms with Crippen LogP contribution in [0.25, 0.3) is 22.3 Å². The summed E-state index contributed by atoms with van der Waals surface area (Å²) in [4.78, 5) is 15.6. The Labute approximate surface area is 163 Å². The van der Waals surface area contributed by atoms with E-state index in [1.165, 1.54) is 0 Å². The summed E-state index contributed by atoms with van der Waals surface area (Å²) in [5.41, 5.74) is 4.01. The van der Waals surface area contributed by atoms with Gasteiger partial charge in [0.1, 0.15) is 12.4 Å². The van der Waals surface area contributed by atoms with Crippen molar-refractivity contribution in [2.75, 3.05) is 6.61 Å². The van der Waals surface area contributed by atoms with Crippen LogP contribution in [0, 0.1) is 6.92 Å². The van der Waals surface area contributed by atoms with Gasteiger partial charge < -0.3 is 9.40 Å². The van der Waals surface area contributed by atoms with Crippen molar-refractivity contribution in [1.82, 2.24) is 19.3 Å². The summed E-state index contributed by atoms with van der Waals surface area (Å²) in [5.74, 6) is 1.07. The lowest BCUT2D eigenvalue weighted by Gasteiger charge is -2.17. The molecule has 0 bridgehead atoms. The molecule has 0 unspecified atom stereocenters. The van der Waals surface area contributed by atoms with Crippen molar-refractivity contribution < 1.29 is 4.84 Å². The quantitative estimate of drug-likeness (QED) is 0.593. The van der Waals surface area contributed by atoms with Gasteiger partial charge in [0.05, 0.1) is 11.4 Å². The fourth-order valence-corrected chi connectivity index (χ4v) is 4.03. The van der Waals surface area contributed by atoms with Crippen LogP contribution in [0.1, 0.15) is 32.3 Å². The van der Waals surface area contributed by atoms with Crippen LogP contribution < -0.4 is 4.84 Å². The predicted octanol–water partition coefficient (Wildman–Crippen LogP) is 4.81. The van der Waals surface area contributed by atoms with E-state index >= 15 is 0 Å². The standard InChI is InChI=1S/C21H32N4OSi/c1-15-13-17-16(18-14-24(5)20(23-18)21(2,3)4)9-10-22-19(17)25(15)26-11-12-27(6,7)8/h9-10,13-14H,11-12H2,1-8H3. The van der Waals surface area contributed by atoms with Crippen molar-refractivity contribution in [3.05, 3.63) is 36.0 Å². The highest BCUT2D eigenvalue weighted by atomic mass is 28.3. The molecule has 0 aromatic carbocycles. The highest BCUT2D eigenvalue weighted by Gasteiger charge is 2.22. The molecule has 6 heteroatoms. The average molecular weight is 385 g/mol. The van der Waals surface area contributed by atoms with Crippen LogP contribution >= 0.6 is 0 Å². The fraction of sp³-hybridized carbons (Fsp3) is 0.524. The van der Waals surface area contributed by atoms with Crippen molar-refractivity contribution in [2.24, 2.45) is 7.05 Å². The monoisotopic (exact) mass is 384 g/mol. The zero-order chi connectivity index (χ0) is 20.0. The maximum Gasteiger partial charge on any atom is 0.176 e. The second-order valence-corrected chi connectivity index (χ2v) is 15.3. The van der Waals surface area contributed by atoms with Crippen LogP contribution in [0.3, 0.4) is 0 Å². The molecule has 3 rings (SSSR count). The van der Waals surface area contributed by atoms with Gasteiger partial charge in [-0.05, 0) is 25.1 Å². The molecule has 27 heavy (non-hydrogen) atoms. The molecule has 146 valence electrons. The number of hydrogen-bond donors (Lipinski definition) is 0. The van der Waals surface area contributed by atoms with E-state index in [2.05, 4.69) is 76.2 Å². The van der Waals surface area contributed by atoms with Crippen LogP contribution in [-0.4, -0.2) is 33.9 Å². The van der Waals surface area contributed by atoms with E-state index < -0.39 is 8.07 Å². The highest BCUT2D eigenvalue weighted by molar-refractivity contribution is 6.76. The third-order valence-electron chi connectivity index (χ3n) is 4.73. The van der Waals surface area contributed by atoms with Crippen molar-refractivity contribution >= 4 is 19.1 Å². The first-order valence-electron chi connectivity index (χ1n) is 9.62. The van der Waals surface area contributed by atoms with Crippen LogP contribution in [0.15, 0.2) is 24.5 Å². The number of nitrogens with zero attached hydrogens (tertiary/aromatic N) is 4. The summed E-state index contributed by atoms with van der Waals surface area (Å²) in [6.45, 7) is 16.4. The molecule has 5 nitrogen and oxygen atoms in total.